The summed E-state index contributed by atoms with van der Waals surface area (Å²) < 4.78 is 0. The fourth-order valence-corrected chi connectivity index (χ4v) is 1.89. The summed E-state index contributed by atoms with van der Waals surface area (Å²) in [7, 11) is 0. The molecule has 1 aromatic heterocycles. The van der Waals surface area contributed by atoms with Crippen molar-refractivity contribution in [2.45, 2.75) is 26.7 Å². The lowest BCUT2D eigenvalue weighted by Crippen LogP contribution is -2.07. The minimum Gasteiger partial charge on any atom is -0.393 e. The van der Waals surface area contributed by atoms with E-state index in [0.29, 0.717) is 23.2 Å². The number of hydrogen-bond donors (Lipinski definition) is 3. The number of benzene rings is 1. The zero-order chi connectivity index (χ0) is 14.5. The quantitative estimate of drug-likeness (QED) is 0.777. The van der Waals surface area contributed by atoms with Gasteiger partial charge in [-0.3, -0.25) is 0 Å². The van der Waals surface area contributed by atoms with Gasteiger partial charge in [-0.05, 0) is 30.5 Å². The molecule has 0 fully saturated rings. The molecule has 0 amide bonds. The van der Waals surface area contributed by atoms with Gasteiger partial charge >= 0.3 is 0 Å². The van der Waals surface area contributed by atoms with Crippen LogP contribution in [0.25, 0.3) is 0 Å². The number of anilines is 4. The topological polar surface area (TPSA) is 75.9 Å². The van der Waals surface area contributed by atoms with Crippen molar-refractivity contribution in [3.63, 3.8) is 0 Å². The number of nitrogens with two attached hydrogens (primary N) is 1. The molecule has 0 spiro atoms. The summed E-state index contributed by atoms with van der Waals surface area (Å²) in [5.74, 6) is 1.80. The molecule has 2 rings (SSSR count). The average Bonchev–Trinajstić information content (AvgIpc) is 2.44. The van der Waals surface area contributed by atoms with Gasteiger partial charge in [0.2, 0.25) is 0 Å². The van der Waals surface area contributed by atoms with Crippen LogP contribution in [0.5, 0.6) is 0 Å². The van der Waals surface area contributed by atoms with Crippen LogP contribution in [0.15, 0.2) is 30.6 Å². The van der Waals surface area contributed by atoms with Crippen molar-refractivity contribution in [3.05, 3.63) is 36.2 Å². The van der Waals surface area contributed by atoms with Gasteiger partial charge in [-0.15, -0.1) is 0 Å². The van der Waals surface area contributed by atoms with E-state index in [0.717, 1.165) is 12.2 Å². The number of nitrogens with one attached hydrogen (secondary N) is 2. The van der Waals surface area contributed by atoms with Gasteiger partial charge in [-0.2, -0.15) is 0 Å². The lowest BCUT2D eigenvalue weighted by Gasteiger charge is -2.12. The molecule has 0 aliphatic heterocycles. The van der Waals surface area contributed by atoms with Crippen molar-refractivity contribution in [1.82, 2.24) is 9.97 Å². The predicted molar refractivity (Wildman–Crippen MR) is 84.4 cm³/mol. The standard InChI is InChI=1S/C15H21N5/c1-4-17-14-13(16)15(19-9-18-14)20-12-7-5-11(6-8-12)10(2)3/h5-10H,4,16H2,1-3H3,(H2,17,18,19,20). The van der Waals surface area contributed by atoms with Crippen LogP contribution in [0, 0.1) is 0 Å². The fourth-order valence-electron chi connectivity index (χ4n) is 1.89. The van der Waals surface area contributed by atoms with Crippen molar-refractivity contribution in [3.8, 4) is 0 Å². The minimum absolute atomic E-state index is 0.522. The maximum Gasteiger partial charge on any atom is 0.159 e. The number of hydrogen-bond acceptors (Lipinski definition) is 5. The summed E-state index contributed by atoms with van der Waals surface area (Å²) in [6, 6.07) is 8.28. The summed E-state index contributed by atoms with van der Waals surface area (Å²) in [6.45, 7) is 7.12. The van der Waals surface area contributed by atoms with Crippen molar-refractivity contribution < 1.29 is 0 Å². The maximum absolute atomic E-state index is 6.05. The van der Waals surface area contributed by atoms with E-state index in [2.05, 4.69) is 46.6 Å². The zero-order valence-corrected chi connectivity index (χ0v) is 12.1. The largest absolute Gasteiger partial charge is 0.393 e. The van der Waals surface area contributed by atoms with E-state index >= 15 is 0 Å². The van der Waals surface area contributed by atoms with Crippen molar-refractivity contribution >= 4 is 23.0 Å². The smallest absolute Gasteiger partial charge is 0.159 e. The highest BCUT2D eigenvalue weighted by Gasteiger charge is 2.07. The second-order valence-corrected chi connectivity index (χ2v) is 4.92. The molecule has 106 valence electrons. The van der Waals surface area contributed by atoms with Gasteiger partial charge in [0.05, 0.1) is 0 Å². The van der Waals surface area contributed by atoms with Crippen LogP contribution in [-0.2, 0) is 0 Å². The average molecular weight is 271 g/mol. The van der Waals surface area contributed by atoms with Crippen LogP contribution in [0.2, 0.25) is 0 Å². The third-order valence-corrected chi connectivity index (χ3v) is 3.07. The molecular weight excluding hydrogens is 250 g/mol. The number of nitrogen functional groups attached to an aromatic ring is 1. The van der Waals surface area contributed by atoms with Crippen molar-refractivity contribution in [2.75, 3.05) is 22.9 Å². The normalized spacial score (nSPS) is 10.6. The number of rotatable bonds is 5. The Kier molecular flexibility index (Phi) is 4.40. The summed E-state index contributed by atoms with van der Waals surface area (Å²) in [4.78, 5) is 8.31. The Balaban J connectivity index is 2.19. The Bertz CT molecular complexity index is 563. The minimum atomic E-state index is 0.522. The molecule has 0 atom stereocenters. The Morgan fingerprint density at radius 3 is 2.35 bits per heavy atom. The van der Waals surface area contributed by atoms with Crippen LogP contribution in [-0.4, -0.2) is 16.5 Å². The zero-order valence-electron chi connectivity index (χ0n) is 12.1. The van der Waals surface area contributed by atoms with E-state index in [-0.39, 0.29) is 0 Å². The Hall–Kier alpha value is -2.30. The molecule has 0 aliphatic carbocycles. The van der Waals surface area contributed by atoms with Crippen molar-refractivity contribution in [1.29, 1.82) is 0 Å². The highest BCUT2D eigenvalue weighted by atomic mass is 15.1. The third kappa shape index (κ3) is 3.17. The van der Waals surface area contributed by atoms with Gasteiger partial charge < -0.3 is 16.4 Å². The van der Waals surface area contributed by atoms with Crippen LogP contribution in [0.4, 0.5) is 23.0 Å². The van der Waals surface area contributed by atoms with Gasteiger partial charge in [0.1, 0.15) is 12.0 Å². The molecule has 0 radical (unpaired) electrons. The maximum atomic E-state index is 6.05. The molecule has 0 saturated carbocycles. The van der Waals surface area contributed by atoms with Crippen LogP contribution >= 0.6 is 0 Å². The lowest BCUT2D eigenvalue weighted by atomic mass is 10.0. The van der Waals surface area contributed by atoms with Crippen LogP contribution in [0.3, 0.4) is 0 Å². The first kappa shape index (κ1) is 14.1. The molecule has 20 heavy (non-hydrogen) atoms. The van der Waals surface area contributed by atoms with Gasteiger partial charge in [-0.25, -0.2) is 9.97 Å². The highest BCUT2D eigenvalue weighted by molar-refractivity contribution is 5.77. The molecule has 0 saturated heterocycles. The fraction of sp³-hybridized carbons (Fsp3) is 0.333. The number of aromatic nitrogens is 2. The molecule has 0 unspecified atom stereocenters. The Morgan fingerprint density at radius 2 is 1.75 bits per heavy atom. The third-order valence-electron chi connectivity index (χ3n) is 3.07. The predicted octanol–water partition coefficient (Wildman–Crippen LogP) is 3.36. The summed E-state index contributed by atoms with van der Waals surface area (Å²) in [5, 5.41) is 6.33. The van der Waals surface area contributed by atoms with Crippen LogP contribution in [0.1, 0.15) is 32.3 Å². The first-order valence-corrected chi connectivity index (χ1v) is 6.83. The molecule has 5 heteroatoms. The molecule has 0 bridgehead atoms. The molecular formula is C15H21N5. The van der Waals surface area contributed by atoms with Gasteiger partial charge in [0.25, 0.3) is 0 Å². The van der Waals surface area contributed by atoms with Crippen LogP contribution < -0.4 is 16.4 Å². The van der Waals surface area contributed by atoms with E-state index < -0.39 is 0 Å². The lowest BCUT2D eigenvalue weighted by molar-refractivity contribution is 0.867. The van der Waals surface area contributed by atoms with Gasteiger partial charge in [0, 0.05) is 12.2 Å². The van der Waals surface area contributed by atoms with E-state index in [9.17, 15) is 0 Å². The van der Waals surface area contributed by atoms with E-state index in [1.165, 1.54) is 11.9 Å². The van der Waals surface area contributed by atoms with Gasteiger partial charge in [0.15, 0.2) is 11.6 Å². The number of nitrogens with zero attached hydrogens (tertiary/aromatic N) is 2. The second-order valence-electron chi connectivity index (χ2n) is 4.92. The molecule has 2 aromatic rings. The monoisotopic (exact) mass is 271 g/mol. The molecule has 4 N–H and O–H groups in total. The van der Waals surface area contributed by atoms with E-state index in [1.54, 1.807) is 0 Å². The molecule has 1 heterocycles. The summed E-state index contributed by atoms with van der Waals surface area (Å²) >= 11 is 0. The molecule has 1 aromatic carbocycles. The summed E-state index contributed by atoms with van der Waals surface area (Å²) in [5.41, 5.74) is 8.84. The highest BCUT2D eigenvalue weighted by Crippen LogP contribution is 2.26. The Morgan fingerprint density at radius 1 is 1.10 bits per heavy atom. The van der Waals surface area contributed by atoms with Crippen molar-refractivity contribution in [2.24, 2.45) is 0 Å². The first-order valence-electron chi connectivity index (χ1n) is 6.83. The molecule has 0 aliphatic rings. The summed E-state index contributed by atoms with van der Waals surface area (Å²) in [6.07, 6.45) is 1.50. The first-order chi connectivity index (χ1) is 9.61. The second kappa shape index (κ2) is 6.23. The van der Waals surface area contributed by atoms with E-state index in [1.807, 2.05) is 19.1 Å². The Labute approximate surface area is 119 Å². The molecule has 5 nitrogen and oxygen atoms in total. The van der Waals surface area contributed by atoms with Gasteiger partial charge in [-0.1, -0.05) is 26.0 Å². The van der Waals surface area contributed by atoms with E-state index in [4.69, 9.17) is 5.73 Å². The SMILES string of the molecule is CCNc1ncnc(Nc2ccc(C(C)C)cc2)c1N.